The zero-order valence-electron chi connectivity index (χ0n) is 11.0. The van der Waals surface area contributed by atoms with Gasteiger partial charge < -0.3 is 5.32 Å². The van der Waals surface area contributed by atoms with E-state index in [1.807, 2.05) is 0 Å². The fourth-order valence-corrected chi connectivity index (χ4v) is 2.88. The number of carbonyl (C=O) groups excluding carboxylic acids is 1. The van der Waals surface area contributed by atoms with Crippen molar-refractivity contribution in [3.8, 4) is 0 Å². The number of thioether (sulfide) groups is 1. The first-order valence-electron chi connectivity index (χ1n) is 6.85. The van der Waals surface area contributed by atoms with Crippen LogP contribution in [-0.2, 0) is 4.79 Å². The van der Waals surface area contributed by atoms with E-state index in [9.17, 15) is 4.79 Å². The number of amides is 1. The van der Waals surface area contributed by atoms with Crippen molar-refractivity contribution < 1.29 is 4.79 Å². The van der Waals surface area contributed by atoms with Crippen molar-refractivity contribution in [3.05, 3.63) is 11.6 Å². The zero-order valence-corrected chi connectivity index (χ0v) is 11.8. The average Bonchev–Trinajstić information content (AvgIpc) is 2.36. The fourth-order valence-electron chi connectivity index (χ4n) is 1.96. The number of allylic oxidation sites excluding steroid dienone is 1. The SMILES string of the molecule is CCCCSCC(=O)NCCC1=CCCCC1. The van der Waals surface area contributed by atoms with Gasteiger partial charge in [-0.15, -0.1) is 0 Å². The van der Waals surface area contributed by atoms with Gasteiger partial charge in [0.1, 0.15) is 0 Å². The molecule has 1 aliphatic carbocycles. The lowest BCUT2D eigenvalue weighted by atomic mass is 9.97. The maximum Gasteiger partial charge on any atom is 0.230 e. The van der Waals surface area contributed by atoms with Gasteiger partial charge in [0.2, 0.25) is 5.91 Å². The van der Waals surface area contributed by atoms with Gasteiger partial charge in [-0.3, -0.25) is 4.79 Å². The Hall–Kier alpha value is -0.440. The molecule has 0 aliphatic heterocycles. The molecule has 0 aromatic carbocycles. The molecule has 0 radical (unpaired) electrons. The molecule has 0 saturated carbocycles. The van der Waals surface area contributed by atoms with E-state index in [0.717, 1.165) is 18.7 Å². The van der Waals surface area contributed by atoms with Crippen LogP contribution in [0, 0.1) is 0 Å². The Morgan fingerprint density at radius 1 is 1.47 bits per heavy atom. The van der Waals surface area contributed by atoms with Gasteiger partial charge in [0.25, 0.3) is 0 Å². The lowest BCUT2D eigenvalue weighted by molar-refractivity contribution is -0.118. The highest BCUT2D eigenvalue weighted by Gasteiger charge is 2.04. The summed E-state index contributed by atoms with van der Waals surface area (Å²) in [5.74, 6) is 1.93. The van der Waals surface area contributed by atoms with E-state index in [4.69, 9.17) is 0 Å². The summed E-state index contributed by atoms with van der Waals surface area (Å²) in [6.45, 7) is 3.00. The minimum Gasteiger partial charge on any atom is -0.355 e. The second kappa shape index (κ2) is 9.58. The van der Waals surface area contributed by atoms with Gasteiger partial charge in [-0.25, -0.2) is 0 Å². The van der Waals surface area contributed by atoms with Gasteiger partial charge in [-0.05, 0) is 44.3 Å². The Labute approximate surface area is 110 Å². The molecule has 1 N–H and O–H groups in total. The molecule has 17 heavy (non-hydrogen) atoms. The minimum atomic E-state index is 0.197. The number of hydrogen-bond donors (Lipinski definition) is 1. The molecule has 1 amide bonds. The number of rotatable bonds is 8. The first-order valence-corrected chi connectivity index (χ1v) is 8.00. The first kappa shape index (κ1) is 14.6. The molecular weight excluding hydrogens is 230 g/mol. The Morgan fingerprint density at radius 3 is 3.06 bits per heavy atom. The normalized spacial score (nSPS) is 15.5. The summed E-state index contributed by atoms with van der Waals surface area (Å²) >= 11 is 1.75. The molecule has 0 saturated heterocycles. The molecule has 0 fully saturated rings. The largest absolute Gasteiger partial charge is 0.355 e. The molecular formula is C14H25NOS. The van der Waals surface area contributed by atoms with Crippen LogP contribution in [0.3, 0.4) is 0 Å². The second-order valence-electron chi connectivity index (χ2n) is 4.61. The average molecular weight is 255 g/mol. The quantitative estimate of drug-likeness (QED) is 0.531. The van der Waals surface area contributed by atoms with Crippen LogP contribution in [0.4, 0.5) is 0 Å². The van der Waals surface area contributed by atoms with E-state index in [1.54, 1.807) is 11.8 Å². The van der Waals surface area contributed by atoms with E-state index >= 15 is 0 Å². The smallest absolute Gasteiger partial charge is 0.230 e. The summed E-state index contributed by atoms with van der Waals surface area (Å²) in [6, 6.07) is 0. The maximum absolute atomic E-state index is 11.5. The zero-order chi connectivity index (χ0) is 12.3. The highest BCUT2D eigenvalue weighted by Crippen LogP contribution is 2.19. The van der Waals surface area contributed by atoms with Crippen molar-refractivity contribution in [1.82, 2.24) is 5.32 Å². The van der Waals surface area contributed by atoms with Gasteiger partial charge in [-0.2, -0.15) is 11.8 Å². The number of nitrogens with one attached hydrogen (secondary N) is 1. The van der Waals surface area contributed by atoms with E-state index in [2.05, 4.69) is 18.3 Å². The van der Waals surface area contributed by atoms with Crippen molar-refractivity contribution in [3.63, 3.8) is 0 Å². The van der Waals surface area contributed by atoms with Crippen LogP contribution in [0.5, 0.6) is 0 Å². The Morgan fingerprint density at radius 2 is 2.35 bits per heavy atom. The lowest BCUT2D eigenvalue weighted by Crippen LogP contribution is -2.26. The van der Waals surface area contributed by atoms with E-state index in [1.165, 1.54) is 44.1 Å². The van der Waals surface area contributed by atoms with Crippen LogP contribution >= 0.6 is 11.8 Å². The molecule has 1 aliphatic rings. The highest BCUT2D eigenvalue weighted by atomic mass is 32.2. The van der Waals surface area contributed by atoms with E-state index in [0.29, 0.717) is 5.75 Å². The molecule has 2 nitrogen and oxygen atoms in total. The molecule has 0 bridgehead atoms. The van der Waals surface area contributed by atoms with Crippen LogP contribution in [0.2, 0.25) is 0 Å². The summed E-state index contributed by atoms with van der Waals surface area (Å²) in [4.78, 5) is 11.5. The summed E-state index contributed by atoms with van der Waals surface area (Å²) in [5, 5.41) is 3.01. The molecule has 0 atom stereocenters. The maximum atomic E-state index is 11.5. The Bertz CT molecular complexity index is 251. The van der Waals surface area contributed by atoms with Crippen molar-refractivity contribution in [1.29, 1.82) is 0 Å². The molecule has 3 heteroatoms. The van der Waals surface area contributed by atoms with Crippen LogP contribution in [0.25, 0.3) is 0 Å². The molecule has 98 valence electrons. The topological polar surface area (TPSA) is 29.1 Å². The van der Waals surface area contributed by atoms with Gasteiger partial charge in [-0.1, -0.05) is 25.0 Å². The van der Waals surface area contributed by atoms with Crippen LogP contribution in [0.1, 0.15) is 51.9 Å². The Kier molecular flexibility index (Phi) is 8.24. The molecule has 0 unspecified atom stereocenters. The first-order chi connectivity index (χ1) is 8.33. The minimum absolute atomic E-state index is 0.197. The van der Waals surface area contributed by atoms with Gasteiger partial charge in [0.15, 0.2) is 0 Å². The summed E-state index contributed by atoms with van der Waals surface area (Å²) < 4.78 is 0. The molecule has 0 heterocycles. The highest BCUT2D eigenvalue weighted by molar-refractivity contribution is 7.99. The van der Waals surface area contributed by atoms with Crippen molar-refractivity contribution in [2.45, 2.75) is 51.9 Å². The summed E-state index contributed by atoms with van der Waals surface area (Å²) in [5.41, 5.74) is 1.54. The van der Waals surface area contributed by atoms with Gasteiger partial charge >= 0.3 is 0 Å². The van der Waals surface area contributed by atoms with E-state index in [-0.39, 0.29) is 5.91 Å². The fraction of sp³-hybridized carbons (Fsp3) is 0.786. The standard InChI is InChI=1S/C14H25NOS/c1-2-3-11-17-12-14(16)15-10-9-13-7-5-4-6-8-13/h7H,2-6,8-12H2,1H3,(H,15,16). The molecule has 0 aromatic heterocycles. The summed E-state index contributed by atoms with van der Waals surface area (Å²) in [7, 11) is 0. The number of unbranched alkanes of at least 4 members (excludes halogenated alkanes) is 1. The third kappa shape index (κ3) is 7.48. The lowest BCUT2D eigenvalue weighted by Gasteiger charge is -2.12. The summed E-state index contributed by atoms with van der Waals surface area (Å²) in [6.07, 6.45) is 11.0. The van der Waals surface area contributed by atoms with Crippen molar-refractivity contribution in [2.24, 2.45) is 0 Å². The number of carbonyl (C=O) groups is 1. The monoisotopic (exact) mass is 255 g/mol. The number of hydrogen-bond acceptors (Lipinski definition) is 2. The van der Waals surface area contributed by atoms with Gasteiger partial charge in [0, 0.05) is 6.54 Å². The van der Waals surface area contributed by atoms with Crippen molar-refractivity contribution >= 4 is 17.7 Å². The predicted molar refractivity (Wildman–Crippen MR) is 76.4 cm³/mol. The second-order valence-corrected chi connectivity index (χ2v) is 5.72. The van der Waals surface area contributed by atoms with Crippen LogP contribution in [0.15, 0.2) is 11.6 Å². The molecule has 1 rings (SSSR count). The third-order valence-corrected chi connectivity index (χ3v) is 4.07. The van der Waals surface area contributed by atoms with E-state index < -0.39 is 0 Å². The predicted octanol–water partition coefficient (Wildman–Crippen LogP) is 3.53. The van der Waals surface area contributed by atoms with Crippen LogP contribution < -0.4 is 5.32 Å². The molecule has 0 spiro atoms. The molecule has 0 aromatic rings. The Balaban J connectivity index is 1.98. The van der Waals surface area contributed by atoms with Gasteiger partial charge in [0.05, 0.1) is 5.75 Å². The van der Waals surface area contributed by atoms with Crippen molar-refractivity contribution in [2.75, 3.05) is 18.1 Å². The van der Waals surface area contributed by atoms with Crippen LogP contribution in [-0.4, -0.2) is 24.0 Å². The third-order valence-electron chi connectivity index (χ3n) is 3.03.